The van der Waals surface area contributed by atoms with Gasteiger partial charge in [0, 0.05) is 72.6 Å². The summed E-state index contributed by atoms with van der Waals surface area (Å²) < 4.78 is 1.81. The molecule has 4 fully saturated rings. The molecule has 7 heterocycles. The van der Waals surface area contributed by atoms with E-state index in [0.29, 0.717) is 23.5 Å². The minimum absolute atomic E-state index is 0.0429. The van der Waals surface area contributed by atoms with E-state index in [9.17, 15) is 4.79 Å². The average Bonchev–Trinajstić information content (AvgIpc) is 3.53. The molecule has 240 valence electrons. The summed E-state index contributed by atoms with van der Waals surface area (Å²) in [7, 11) is 2.12. The van der Waals surface area contributed by atoms with Crippen molar-refractivity contribution in [2.75, 3.05) is 43.9 Å². The van der Waals surface area contributed by atoms with Crippen LogP contribution in [0.5, 0.6) is 0 Å². The van der Waals surface area contributed by atoms with Crippen LogP contribution in [0.25, 0.3) is 28.0 Å². The highest BCUT2D eigenvalue weighted by Crippen LogP contribution is 2.50. The fourth-order valence-corrected chi connectivity index (χ4v) is 8.05. The van der Waals surface area contributed by atoms with Gasteiger partial charge >= 0.3 is 0 Å². The summed E-state index contributed by atoms with van der Waals surface area (Å²) in [5.74, 6) is 2.31. The molecule has 0 radical (unpaired) electrons. The number of nitrogens with two attached hydrogens (primary N) is 1. The molecule has 3 N–H and O–H groups in total. The third-order valence-electron chi connectivity index (χ3n) is 10.7. The van der Waals surface area contributed by atoms with Crippen LogP contribution in [-0.2, 0) is 0 Å². The van der Waals surface area contributed by atoms with Gasteiger partial charge in [0.25, 0.3) is 5.91 Å². The van der Waals surface area contributed by atoms with Gasteiger partial charge in [0.2, 0.25) is 11.8 Å². The number of fused-ring (bicyclic) bond motifs is 3. The predicted molar refractivity (Wildman–Crippen MR) is 179 cm³/mol. The number of hydrogen-bond donors (Lipinski definition) is 2. The molecule has 1 saturated carbocycles. The summed E-state index contributed by atoms with van der Waals surface area (Å²) >= 11 is 0. The largest absolute Gasteiger partial charge is 0.383 e. The Hall–Kier alpha value is -4.84. The van der Waals surface area contributed by atoms with Crippen molar-refractivity contribution in [3.63, 3.8) is 0 Å². The lowest BCUT2D eigenvalue weighted by molar-refractivity contribution is 0.0557. The number of H-pyrrole nitrogens is 1. The normalized spacial score (nSPS) is 23.1. The molecule has 3 atom stereocenters. The van der Waals surface area contributed by atoms with E-state index < -0.39 is 0 Å². The first-order valence-corrected chi connectivity index (χ1v) is 16.9. The molecule has 3 saturated heterocycles. The Morgan fingerprint density at radius 2 is 1.64 bits per heavy atom. The number of carbonyl (C=O) groups is 1. The maximum absolute atomic E-state index is 13.9. The molecule has 3 aliphatic heterocycles. The summed E-state index contributed by atoms with van der Waals surface area (Å²) in [6.45, 7) is 3.67. The molecule has 4 aliphatic rings. The van der Waals surface area contributed by atoms with Gasteiger partial charge in [0.05, 0.1) is 17.6 Å². The second-order valence-corrected chi connectivity index (χ2v) is 13.7. The summed E-state index contributed by atoms with van der Waals surface area (Å²) in [6, 6.07) is 14.6. The number of benzene rings is 1. The highest BCUT2D eigenvalue weighted by molar-refractivity contribution is 5.91. The van der Waals surface area contributed by atoms with E-state index in [-0.39, 0.29) is 23.9 Å². The fraction of sp³-hybridized carbons (Fsp3) is 0.429. The molecular weight excluding hydrogens is 590 g/mol. The Morgan fingerprint density at radius 1 is 0.872 bits per heavy atom. The minimum atomic E-state index is -0.0429. The molecule has 5 aromatic rings. The average molecular weight is 630 g/mol. The Bertz CT molecular complexity index is 1930. The predicted octanol–water partition coefficient (Wildman–Crippen LogP) is 4.34. The number of amides is 1. The smallest absolute Gasteiger partial charge is 0.292 e. The molecule has 12 heteroatoms. The number of piperazine rings is 1. The van der Waals surface area contributed by atoms with Gasteiger partial charge in [-0.15, -0.1) is 10.2 Å². The van der Waals surface area contributed by atoms with Gasteiger partial charge in [-0.25, -0.2) is 4.98 Å². The van der Waals surface area contributed by atoms with Crippen molar-refractivity contribution in [3.8, 4) is 22.4 Å². The van der Waals surface area contributed by atoms with E-state index in [0.717, 1.165) is 104 Å². The number of aromatic amines is 1. The number of nitrogen functional groups attached to an aromatic ring is 1. The molecule has 47 heavy (non-hydrogen) atoms. The van der Waals surface area contributed by atoms with Crippen LogP contribution >= 0.6 is 0 Å². The molecule has 9 rings (SSSR count). The molecule has 4 aromatic heterocycles. The van der Waals surface area contributed by atoms with Crippen LogP contribution in [0.2, 0.25) is 0 Å². The van der Waals surface area contributed by atoms with Crippen LogP contribution < -0.4 is 10.6 Å². The van der Waals surface area contributed by atoms with Gasteiger partial charge in [0.1, 0.15) is 5.82 Å². The molecule has 0 spiro atoms. The first-order valence-electron chi connectivity index (χ1n) is 16.9. The van der Waals surface area contributed by atoms with Gasteiger partial charge < -0.3 is 25.4 Å². The number of rotatable bonds is 6. The van der Waals surface area contributed by atoms with Gasteiger partial charge in [-0.3, -0.25) is 9.78 Å². The zero-order chi connectivity index (χ0) is 31.6. The van der Waals surface area contributed by atoms with Gasteiger partial charge in [-0.1, -0.05) is 36.4 Å². The molecule has 1 amide bonds. The number of carbonyl (C=O) groups excluding carboxylic acids is 1. The van der Waals surface area contributed by atoms with Crippen molar-refractivity contribution in [2.45, 2.75) is 62.4 Å². The summed E-state index contributed by atoms with van der Waals surface area (Å²) in [5, 5.41) is 13.4. The van der Waals surface area contributed by atoms with Crippen molar-refractivity contribution < 1.29 is 4.79 Å². The van der Waals surface area contributed by atoms with Crippen LogP contribution in [0.1, 0.15) is 72.2 Å². The highest BCUT2D eigenvalue weighted by Gasteiger charge is 2.46. The maximum atomic E-state index is 13.9. The molecule has 12 nitrogen and oxygen atoms in total. The molecule has 1 aromatic carbocycles. The number of nitrogens with one attached hydrogen (secondary N) is 1. The number of anilines is 2. The molecule has 0 unspecified atom stereocenters. The van der Waals surface area contributed by atoms with E-state index in [4.69, 9.17) is 20.8 Å². The fourth-order valence-electron chi connectivity index (χ4n) is 8.05. The van der Waals surface area contributed by atoms with Crippen LogP contribution in [0.3, 0.4) is 0 Å². The number of piperidine rings is 1. The quantitative estimate of drug-likeness (QED) is 0.281. The first kappa shape index (κ1) is 28.4. The van der Waals surface area contributed by atoms with Crippen molar-refractivity contribution in [2.24, 2.45) is 0 Å². The van der Waals surface area contributed by atoms with Gasteiger partial charge in [-0.05, 0) is 57.6 Å². The molecular formula is C35H39N11O. The number of likely N-dealkylation sites (N-methyl/N-ethyl adjacent to an activating group) is 1. The SMILES string of the molecule is CN1CCN(c2nnc(C(=O)N3[C@@H]4CC[C@H]3C[C@@H](c3nc5c(-c6ccc(-c7ccccc7)nc6)cnn5c(N)c3C3CC3)C4)[nH]2)CC1. The van der Waals surface area contributed by atoms with Crippen LogP contribution in [0.15, 0.2) is 54.9 Å². The second-order valence-electron chi connectivity index (χ2n) is 13.7. The monoisotopic (exact) mass is 629 g/mol. The lowest BCUT2D eigenvalue weighted by atomic mass is 9.85. The van der Waals surface area contributed by atoms with Crippen LogP contribution in [0.4, 0.5) is 11.8 Å². The summed E-state index contributed by atoms with van der Waals surface area (Å²) in [5.41, 5.74) is 13.8. The maximum Gasteiger partial charge on any atom is 0.292 e. The number of nitrogens with zero attached hydrogens (tertiary/aromatic N) is 9. The van der Waals surface area contributed by atoms with E-state index in [2.05, 4.69) is 55.1 Å². The molecule has 2 bridgehead atoms. The van der Waals surface area contributed by atoms with E-state index >= 15 is 0 Å². The van der Waals surface area contributed by atoms with Gasteiger partial charge in [-0.2, -0.15) is 9.61 Å². The zero-order valence-corrected chi connectivity index (χ0v) is 26.6. The third-order valence-corrected chi connectivity index (χ3v) is 10.7. The Labute approximate surface area is 273 Å². The van der Waals surface area contributed by atoms with Crippen LogP contribution in [-0.4, -0.2) is 95.8 Å². The van der Waals surface area contributed by atoms with Crippen molar-refractivity contribution >= 4 is 23.3 Å². The van der Waals surface area contributed by atoms with Crippen molar-refractivity contribution in [1.82, 2.24) is 44.6 Å². The zero-order valence-electron chi connectivity index (χ0n) is 26.6. The van der Waals surface area contributed by atoms with Crippen LogP contribution in [0, 0.1) is 0 Å². The number of hydrogen-bond acceptors (Lipinski definition) is 9. The third kappa shape index (κ3) is 4.93. The highest BCUT2D eigenvalue weighted by atomic mass is 16.2. The topological polar surface area (TPSA) is 137 Å². The van der Waals surface area contributed by atoms with Crippen molar-refractivity contribution in [3.05, 3.63) is 71.9 Å². The van der Waals surface area contributed by atoms with E-state index in [1.54, 1.807) is 0 Å². The number of aromatic nitrogens is 7. The second kappa shape index (κ2) is 11.2. The lowest BCUT2D eigenvalue weighted by Crippen LogP contribution is -2.46. The van der Waals surface area contributed by atoms with Gasteiger partial charge in [0.15, 0.2) is 5.65 Å². The first-order chi connectivity index (χ1) is 23.0. The number of pyridine rings is 1. The van der Waals surface area contributed by atoms with E-state index in [1.165, 1.54) is 0 Å². The lowest BCUT2D eigenvalue weighted by Gasteiger charge is -2.39. The molecule has 1 aliphatic carbocycles. The summed E-state index contributed by atoms with van der Waals surface area (Å²) in [6.07, 6.45) is 9.69. The Balaban J connectivity index is 1.00. The summed E-state index contributed by atoms with van der Waals surface area (Å²) in [4.78, 5) is 33.8. The Kier molecular flexibility index (Phi) is 6.73. The standard InChI is InChI=1S/C35H39N11O/c1-43-13-15-44(16-14-43)35-40-32(41-42-35)34(47)45-25-10-11-26(45)18-24(17-25)30-29(22-7-8-22)31(36)46-33(39-30)27(20-38-46)23-9-12-28(37-19-23)21-5-3-2-4-6-21/h2-6,9,12,19-20,22,24-26H,7-8,10-11,13-18,36H2,1H3,(H,40,41,42)/t24-,25+,26-. The van der Waals surface area contributed by atoms with Crippen molar-refractivity contribution in [1.29, 1.82) is 0 Å². The minimum Gasteiger partial charge on any atom is -0.383 e. The van der Waals surface area contributed by atoms with E-state index in [1.807, 2.05) is 41.2 Å². The Morgan fingerprint density at radius 3 is 2.34 bits per heavy atom.